The van der Waals surface area contributed by atoms with E-state index in [0.717, 1.165) is 16.6 Å². The fourth-order valence-electron chi connectivity index (χ4n) is 1.67. The summed E-state index contributed by atoms with van der Waals surface area (Å²) in [5, 5.41) is 10.6. The number of nitro benzene ring substituents is 1. The smallest absolute Gasteiger partial charge is 0.269 e. The van der Waals surface area contributed by atoms with Gasteiger partial charge in [-0.05, 0) is 12.1 Å². The van der Waals surface area contributed by atoms with Crippen LogP contribution in [-0.4, -0.2) is 25.4 Å². The summed E-state index contributed by atoms with van der Waals surface area (Å²) in [5.41, 5.74) is -0.575. The summed E-state index contributed by atoms with van der Waals surface area (Å²) in [6, 6.07) is 6.09. The summed E-state index contributed by atoms with van der Waals surface area (Å²) in [4.78, 5) is 23.8. The van der Waals surface area contributed by atoms with Gasteiger partial charge in [-0.3, -0.25) is 19.2 Å². The van der Waals surface area contributed by atoms with E-state index in [0.29, 0.717) is 0 Å². The summed E-state index contributed by atoms with van der Waals surface area (Å²) in [6.07, 6.45) is 2.42. The number of H-pyrrole nitrogens is 1. The highest BCUT2D eigenvalue weighted by Crippen LogP contribution is 2.22. The summed E-state index contributed by atoms with van der Waals surface area (Å²) in [7, 11) is -2.77. The molecule has 0 radical (unpaired) electrons. The molecule has 1 heterocycles. The highest BCUT2D eigenvalue weighted by atomic mass is 32.2. The fraction of sp³-hybridized carbons (Fsp3) is 0.0833. The number of aromatic nitrogens is 1. The second kappa shape index (κ2) is 5.37. The van der Waals surface area contributed by atoms with Crippen LogP contribution in [0.4, 0.5) is 11.4 Å². The Morgan fingerprint density at radius 2 is 1.81 bits per heavy atom. The van der Waals surface area contributed by atoms with E-state index < -0.39 is 25.3 Å². The Hall–Kier alpha value is -2.68. The number of pyridine rings is 1. The highest BCUT2D eigenvalue weighted by molar-refractivity contribution is 7.92. The molecule has 2 rings (SSSR count). The van der Waals surface area contributed by atoms with Crippen LogP contribution in [0.5, 0.6) is 0 Å². The molecule has 0 fully saturated rings. The van der Waals surface area contributed by atoms with Crippen molar-refractivity contribution in [1.82, 2.24) is 4.98 Å². The summed E-state index contributed by atoms with van der Waals surface area (Å²) in [6.45, 7) is 0. The van der Waals surface area contributed by atoms with Crippen LogP contribution in [0.2, 0.25) is 0 Å². The molecule has 110 valence electrons. The molecule has 0 spiro atoms. The molecule has 0 amide bonds. The van der Waals surface area contributed by atoms with Gasteiger partial charge < -0.3 is 4.98 Å². The van der Waals surface area contributed by atoms with Crippen molar-refractivity contribution >= 4 is 21.4 Å². The number of benzene rings is 1. The molecule has 1 aromatic carbocycles. The predicted molar refractivity (Wildman–Crippen MR) is 75.7 cm³/mol. The lowest BCUT2D eigenvalue weighted by atomic mass is 10.3. The molecule has 0 atom stereocenters. The molecule has 0 unspecified atom stereocenters. The van der Waals surface area contributed by atoms with Crippen LogP contribution < -0.4 is 9.73 Å². The molecule has 0 saturated carbocycles. The normalized spacial score (nSPS) is 11.1. The second-order valence-electron chi connectivity index (χ2n) is 4.12. The maximum Gasteiger partial charge on any atom is 0.269 e. The molecule has 0 aliphatic heterocycles. The molecule has 0 aliphatic rings. The third-order valence-electron chi connectivity index (χ3n) is 2.85. The van der Waals surface area contributed by atoms with E-state index in [1.54, 1.807) is 0 Å². The Morgan fingerprint density at radius 1 is 1.19 bits per heavy atom. The Balaban J connectivity index is 2.43. The number of anilines is 1. The zero-order chi connectivity index (χ0) is 15.6. The van der Waals surface area contributed by atoms with Gasteiger partial charge in [0.05, 0.1) is 10.6 Å². The van der Waals surface area contributed by atoms with E-state index in [1.165, 1.54) is 37.5 Å². The van der Waals surface area contributed by atoms with Crippen molar-refractivity contribution in [2.75, 3.05) is 11.4 Å². The van der Waals surface area contributed by atoms with Crippen LogP contribution in [0.3, 0.4) is 0 Å². The van der Waals surface area contributed by atoms with Crippen molar-refractivity contribution < 1.29 is 13.3 Å². The van der Waals surface area contributed by atoms with Crippen LogP contribution in [0.25, 0.3) is 0 Å². The Labute approximate surface area is 119 Å². The molecule has 8 nitrogen and oxygen atoms in total. The first-order chi connectivity index (χ1) is 9.84. The number of nitrogens with zero attached hydrogens (tertiary/aromatic N) is 2. The first-order valence-corrected chi connectivity index (χ1v) is 7.18. The molecule has 1 aromatic heterocycles. The molecular weight excluding hydrogens is 298 g/mol. The minimum absolute atomic E-state index is 0.151. The monoisotopic (exact) mass is 309 g/mol. The SMILES string of the molecule is CN(c1ccc([N+](=O)[O-])cc1)S(=O)(=O)c1c[nH]ccc1=O. The van der Waals surface area contributed by atoms with Gasteiger partial charge in [0.2, 0.25) is 5.43 Å². The summed E-state index contributed by atoms with van der Waals surface area (Å²) < 4.78 is 25.6. The standard InChI is InChI=1S/C12H11N3O5S/c1-14(9-2-4-10(5-3-9)15(17)18)21(19,20)12-8-13-7-6-11(12)16/h2-8H,1H3,(H,13,16). The van der Waals surface area contributed by atoms with Gasteiger partial charge in [-0.15, -0.1) is 0 Å². The van der Waals surface area contributed by atoms with Crippen molar-refractivity contribution in [2.24, 2.45) is 0 Å². The Kier molecular flexibility index (Phi) is 3.76. The van der Waals surface area contributed by atoms with Crippen LogP contribution >= 0.6 is 0 Å². The van der Waals surface area contributed by atoms with E-state index in [9.17, 15) is 23.3 Å². The zero-order valence-corrected chi connectivity index (χ0v) is 11.7. The van der Waals surface area contributed by atoms with Gasteiger partial charge in [-0.2, -0.15) is 0 Å². The summed E-state index contributed by atoms with van der Waals surface area (Å²) in [5.74, 6) is 0. The molecule has 9 heteroatoms. The quantitative estimate of drug-likeness (QED) is 0.671. The molecule has 21 heavy (non-hydrogen) atoms. The van der Waals surface area contributed by atoms with Crippen molar-refractivity contribution in [3.05, 3.63) is 63.1 Å². The molecule has 0 saturated heterocycles. The van der Waals surface area contributed by atoms with E-state index in [-0.39, 0.29) is 11.4 Å². The predicted octanol–water partition coefficient (Wildman–Crippen LogP) is 1.11. The maximum atomic E-state index is 12.3. The van der Waals surface area contributed by atoms with E-state index in [1.807, 2.05) is 0 Å². The van der Waals surface area contributed by atoms with Crippen molar-refractivity contribution in [3.8, 4) is 0 Å². The number of nitrogens with one attached hydrogen (secondary N) is 1. The zero-order valence-electron chi connectivity index (χ0n) is 10.9. The minimum atomic E-state index is -4.04. The molecular formula is C12H11N3O5S. The van der Waals surface area contributed by atoms with Crippen molar-refractivity contribution in [1.29, 1.82) is 0 Å². The first-order valence-electron chi connectivity index (χ1n) is 5.74. The van der Waals surface area contributed by atoms with Gasteiger partial charge >= 0.3 is 0 Å². The number of aromatic amines is 1. The first kappa shape index (κ1) is 14.7. The molecule has 0 aliphatic carbocycles. The molecule has 1 N–H and O–H groups in total. The van der Waals surface area contributed by atoms with Gasteiger partial charge in [0.25, 0.3) is 15.7 Å². The lowest BCUT2D eigenvalue weighted by Crippen LogP contribution is -2.30. The topological polar surface area (TPSA) is 113 Å². The Morgan fingerprint density at radius 3 is 2.33 bits per heavy atom. The van der Waals surface area contributed by atoms with Gasteiger partial charge in [0.15, 0.2) is 4.90 Å². The molecule has 0 bridgehead atoms. The lowest BCUT2D eigenvalue weighted by molar-refractivity contribution is -0.384. The Bertz CT molecular complexity index is 826. The minimum Gasteiger partial charge on any atom is -0.366 e. The number of nitro groups is 1. The summed E-state index contributed by atoms with van der Waals surface area (Å²) >= 11 is 0. The van der Waals surface area contributed by atoms with Gasteiger partial charge in [0, 0.05) is 37.6 Å². The number of rotatable bonds is 4. The maximum absolute atomic E-state index is 12.3. The third kappa shape index (κ3) is 2.77. The van der Waals surface area contributed by atoms with E-state index in [4.69, 9.17) is 0 Å². The van der Waals surface area contributed by atoms with E-state index in [2.05, 4.69) is 4.98 Å². The van der Waals surface area contributed by atoms with Gasteiger partial charge in [0.1, 0.15) is 0 Å². The largest absolute Gasteiger partial charge is 0.366 e. The van der Waals surface area contributed by atoms with Crippen LogP contribution in [0.15, 0.2) is 52.4 Å². The number of hydrogen-bond acceptors (Lipinski definition) is 5. The third-order valence-corrected chi connectivity index (χ3v) is 4.66. The average molecular weight is 309 g/mol. The lowest BCUT2D eigenvalue weighted by Gasteiger charge is -2.18. The van der Waals surface area contributed by atoms with Crippen molar-refractivity contribution in [2.45, 2.75) is 4.90 Å². The highest BCUT2D eigenvalue weighted by Gasteiger charge is 2.24. The second-order valence-corrected chi connectivity index (χ2v) is 6.06. The fourth-order valence-corrected chi connectivity index (χ4v) is 2.91. The van der Waals surface area contributed by atoms with Crippen LogP contribution in [0.1, 0.15) is 0 Å². The number of sulfonamides is 1. The molecule has 2 aromatic rings. The van der Waals surface area contributed by atoms with Gasteiger partial charge in [-0.25, -0.2) is 8.42 Å². The van der Waals surface area contributed by atoms with Crippen LogP contribution in [-0.2, 0) is 10.0 Å². The average Bonchev–Trinajstić information content (AvgIpc) is 2.46. The van der Waals surface area contributed by atoms with Crippen molar-refractivity contribution in [3.63, 3.8) is 0 Å². The van der Waals surface area contributed by atoms with Crippen LogP contribution in [0, 0.1) is 10.1 Å². The van der Waals surface area contributed by atoms with E-state index >= 15 is 0 Å². The van der Waals surface area contributed by atoms with Gasteiger partial charge in [-0.1, -0.05) is 0 Å². The number of non-ortho nitro benzene ring substituents is 1. The number of hydrogen-bond donors (Lipinski definition) is 1.